The Kier molecular flexibility index (Phi) is 5.71. The summed E-state index contributed by atoms with van der Waals surface area (Å²) in [6.07, 6.45) is -2.44. The lowest BCUT2D eigenvalue weighted by molar-refractivity contribution is -0.153. The molecule has 2 aromatic rings. The lowest BCUT2D eigenvalue weighted by Crippen LogP contribution is -2.19. The van der Waals surface area contributed by atoms with Crippen molar-refractivity contribution < 1.29 is 22.6 Å². The third-order valence-electron chi connectivity index (χ3n) is 3.38. The van der Waals surface area contributed by atoms with Crippen LogP contribution >= 0.6 is 0 Å². The number of nitrogens with one attached hydrogen (secondary N) is 1. The zero-order valence-electron chi connectivity index (χ0n) is 13.8. The normalized spacial score (nSPS) is 11.6. The molecule has 0 unspecified atom stereocenters. The molecule has 0 aliphatic carbocycles. The van der Waals surface area contributed by atoms with Crippen molar-refractivity contribution in [2.45, 2.75) is 26.2 Å². The smallest absolute Gasteiger partial charge is 0.422 e. The molecule has 24 heavy (non-hydrogen) atoms. The monoisotopic (exact) mass is 343 g/mol. The van der Waals surface area contributed by atoms with Crippen LogP contribution in [0.25, 0.3) is 0 Å². The SMILES string of the molecule is COc1cc(CNCc2cn(C)nc2C)ccc1OCC(F)(F)F. The number of rotatable bonds is 7. The van der Waals surface area contributed by atoms with E-state index in [0.29, 0.717) is 13.1 Å². The van der Waals surface area contributed by atoms with Crippen molar-refractivity contribution in [3.63, 3.8) is 0 Å². The van der Waals surface area contributed by atoms with Crippen LogP contribution in [0.15, 0.2) is 24.4 Å². The number of halogens is 3. The van der Waals surface area contributed by atoms with Gasteiger partial charge < -0.3 is 14.8 Å². The third kappa shape index (κ3) is 5.16. The number of benzene rings is 1. The van der Waals surface area contributed by atoms with Gasteiger partial charge in [-0.15, -0.1) is 0 Å². The fourth-order valence-electron chi connectivity index (χ4n) is 2.26. The molecule has 1 heterocycles. The molecule has 0 radical (unpaired) electrons. The fourth-order valence-corrected chi connectivity index (χ4v) is 2.26. The first-order valence-electron chi connectivity index (χ1n) is 7.35. The lowest BCUT2D eigenvalue weighted by Gasteiger charge is -2.13. The fraction of sp³-hybridized carbons (Fsp3) is 0.438. The molecular weight excluding hydrogens is 323 g/mol. The van der Waals surface area contributed by atoms with Gasteiger partial charge in [-0.2, -0.15) is 18.3 Å². The Labute approximate surface area is 138 Å². The van der Waals surface area contributed by atoms with E-state index < -0.39 is 12.8 Å². The third-order valence-corrected chi connectivity index (χ3v) is 3.38. The Morgan fingerprint density at radius 2 is 1.96 bits per heavy atom. The number of ether oxygens (including phenoxy) is 2. The van der Waals surface area contributed by atoms with Crippen LogP contribution in [-0.4, -0.2) is 29.7 Å². The molecule has 0 aliphatic heterocycles. The maximum Gasteiger partial charge on any atom is 0.422 e. The topological polar surface area (TPSA) is 48.3 Å². The molecule has 0 aliphatic rings. The lowest BCUT2D eigenvalue weighted by atomic mass is 10.2. The molecule has 0 spiro atoms. The van der Waals surface area contributed by atoms with E-state index in [2.05, 4.69) is 10.4 Å². The number of hydrogen-bond acceptors (Lipinski definition) is 4. The van der Waals surface area contributed by atoms with Gasteiger partial charge in [-0.1, -0.05) is 6.07 Å². The predicted molar refractivity (Wildman–Crippen MR) is 83.0 cm³/mol. The van der Waals surface area contributed by atoms with Gasteiger partial charge in [-0.05, 0) is 24.6 Å². The number of aromatic nitrogens is 2. The summed E-state index contributed by atoms with van der Waals surface area (Å²) >= 11 is 0. The molecule has 8 heteroatoms. The molecule has 1 N–H and O–H groups in total. The number of aryl methyl sites for hydroxylation is 2. The van der Waals surface area contributed by atoms with Crippen molar-refractivity contribution in [1.29, 1.82) is 0 Å². The highest BCUT2D eigenvalue weighted by Crippen LogP contribution is 2.29. The van der Waals surface area contributed by atoms with Crippen LogP contribution in [0.5, 0.6) is 11.5 Å². The molecule has 5 nitrogen and oxygen atoms in total. The quantitative estimate of drug-likeness (QED) is 0.840. The van der Waals surface area contributed by atoms with E-state index in [1.165, 1.54) is 13.2 Å². The Bertz CT molecular complexity index is 684. The average Bonchev–Trinajstić information content (AvgIpc) is 2.82. The van der Waals surface area contributed by atoms with Gasteiger partial charge in [0.25, 0.3) is 0 Å². The summed E-state index contributed by atoms with van der Waals surface area (Å²) < 4.78 is 48.3. The second kappa shape index (κ2) is 7.57. The van der Waals surface area contributed by atoms with Gasteiger partial charge in [0.15, 0.2) is 18.1 Å². The highest BCUT2D eigenvalue weighted by molar-refractivity contribution is 5.43. The van der Waals surface area contributed by atoms with Gasteiger partial charge in [-0.25, -0.2) is 0 Å². The highest BCUT2D eigenvalue weighted by Gasteiger charge is 2.29. The molecule has 2 rings (SSSR count). The molecular formula is C16H20F3N3O2. The molecule has 1 aromatic carbocycles. The van der Waals surface area contributed by atoms with Crippen LogP contribution in [0.2, 0.25) is 0 Å². The zero-order valence-corrected chi connectivity index (χ0v) is 13.8. The van der Waals surface area contributed by atoms with E-state index in [9.17, 15) is 13.2 Å². The molecule has 0 atom stereocenters. The van der Waals surface area contributed by atoms with Crippen LogP contribution in [-0.2, 0) is 20.1 Å². The molecule has 132 valence electrons. The van der Waals surface area contributed by atoms with E-state index in [4.69, 9.17) is 9.47 Å². The van der Waals surface area contributed by atoms with Crippen molar-refractivity contribution in [1.82, 2.24) is 15.1 Å². The van der Waals surface area contributed by atoms with Gasteiger partial charge in [0.2, 0.25) is 0 Å². The summed E-state index contributed by atoms with van der Waals surface area (Å²) in [6, 6.07) is 4.85. The standard InChI is InChI=1S/C16H20F3N3O2/c1-11-13(9-22(2)21-11)8-20-7-12-4-5-14(15(6-12)23-3)24-10-16(17,18)19/h4-6,9,20H,7-8,10H2,1-3H3. The van der Waals surface area contributed by atoms with Crippen LogP contribution in [0, 0.1) is 6.92 Å². The van der Waals surface area contributed by atoms with Gasteiger partial charge in [0.1, 0.15) is 0 Å². The van der Waals surface area contributed by atoms with E-state index >= 15 is 0 Å². The highest BCUT2D eigenvalue weighted by atomic mass is 19.4. The van der Waals surface area contributed by atoms with E-state index in [-0.39, 0.29) is 11.5 Å². The number of alkyl halides is 3. The van der Waals surface area contributed by atoms with Crippen molar-refractivity contribution in [3.8, 4) is 11.5 Å². The van der Waals surface area contributed by atoms with Crippen molar-refractivity contribution in [2.24, 2.45) is 7.05 Å². The maximum atomic E-state index is 12.2. The molecule has 0 fully saturated rings. The van der Waals surface area contributed by atoms with E-state index in [1.54, 1.807) is 16.8 Å². The van der Waals surface area contributed by atoms with E-state index in [1.807, 2.05) is 20.2 Å². The van der Waals surface area contributed by atoms with Gasteiger partial charge in [0.05, 0.1) is 12.8 Å². The number of hydrogen-bond donors (Lipinski definition) is 1. The first kappa shape index (κ1) is 18.1. The molecule has 0 saturated carbocycles. The first-order valence-corrected chi connectivity index (χ1v) is 7.35. The molecule has 0 amide bonds. The Morgan fingerprint density at radius 1 is 1.21 bits per heavy atom. The minimum absolute atomic E-state index is 0.0710. The largest absolute Gasteiger partial charge is 0.493 e. The second-order valence-corrected chi connectivity index (χ2v) is 5.41. The summed E-state index contributed by atoms with van der Waals surface area (Å²) in [5, 5.41) is 7.53. The van der Waals surface area contributed by atoms with Crippen molar-refractivity contribution in [2.75, 3.05) is 13.7 Å². The van der Waals surface area contributed by atoms with Gasteiger partial charge >= 0.3 is 6.18 Å². The molecule has 0 saturated heterocycles. The molecule has 1 aromatic heterocycles. The average molecular weight is 343 g/mol. The van der Waals surface area contributed by atoms with Gasteiger partial charge in [-0.3, -0.25) is 4.68 Å². The van der Waals surface area contributed by atoms with Crippen LogP contribution < -0.4 is 14.8 Å². The second-order valence-electron chi connectivity index (χ2n) is 5.41. The summed E-state index contributed by atoms with van der Waals surface area (Å²) in [5.41, 5.74) is 2.93. The summed E-state index contributed by atoms with van der Waals surface area (Å²) in [6.45, 7) is 1.78. The first-order chi connectivity index (χ1) is 11.3. The van der Waals surface area contributed by atoms with Crippen molar-refractivity contribution in [3.05, 3.63) is 41.2 Å². The van der Waals surface area contributed by atoms with Gasteiger partial charge in [0, 0.05) is 31.9 Å². The molecule has 0 bridgehead atoms. The summed E-state index contributed by atoms with van der Waals surface area (Å²) in [4.78, 5) is 0. The minimum atomic E-state index is -4.38. The summed E-state index contributed by atoms with van der Waals surface area (Å²) in [5.74, 6) is 0.345. The zero-order chi connectivity index (χ0) is 17.7. The van der Waals surface area contributed by atoms with Crippen LogP contribution in [0.3, 0.4) is 0 Å². The summed E-state index contributed by atoms with van der Waals surface area (Å²) in [7, 11) is 3.26. The predicted octanol–water partition coefficient (Wildman–Crippen LogP) is 2.97. The van der Waals surface area contributed by atoms with Crippen molar-refractivity contribution >= 4 is 0 Å². The Balaban J connectivity index is 1.95. The number of methoxy groups -OCH3 is 1. The Hall–Kier alpha value is -2.22. The van der Waals surface area contributed by atoms with E-state index in [0.717, 1.165) is 16.8 Å². The maximum absolute atomic E-state index is 12.2. The minimum Gasteiger partial charge on any atom is -0.493 e. The Morgan fingerprint density at radius 3 is 2.54 bits per heavy atom. The van der Waals surface area contributed by atoms with Crippen LogP contribution in [0.4, 0.5) is 13.2 Å². The van der Waals surface area contributed by atoms with Crippen LogP contribution in [0.1, 0.15) is 16.8 Å². The number of nitrogens with zero attached hydrogens (tertiary/aromatic N) is 2.